The first-order chi connectivity index (χ1) is 9.38. The van der Waals surface area contributed by atoms with Crippen molar-refractivity contribution in [1.82, 2.24) is 10.6 Å². The minimum Gasteiger partial charge on any atom is -0.348 e. The Morgan fingerprint density at radius 3 is 2.75 bits per heavy atom. The Morgan fingerprint density at radius 1 is 1.40 bits per heavy atom. The number of amides is 1. The number of piperidine rings is 1. The largest absolute Gasteiger partial charge is 0.417 e. The van der Waals surface area contributed by atoms with Gasteiger partial charge >= 0.3 is 6.18 Å². The van der Waals surface area contributed by atoms with Gasteiger partial charge in [-0.2, -0.15) is 13.2 Å². The van der Waals surface area contributed by atoms with Crippen LogP contribution in [0.25, 0.3) is 0 Å². The van der Waals surface area contributed by atoms with Crippen LogP contribution in [0.5, 0.6) is 0 Å². The quantitative estimate of drug-likeness (QED) is 0.860. The predicted octanol–water partition coefficient (Wildman–Crippen LogP) is 2.95. The summed E-state index contributed by atoms with van der Waals surface area (Å²) < 4.78 is 38.3. The Morgan fingerprint density at radius 2 is 2.15 bits per heavy atom. The summed E-state index contributed by atoms with van der Waals surface area (Å²) in [6, 6.07) is 3.46. The summed E-state index contributed by atoms with van der Waals surface area (Å²) in [5, 5.41) is 5.88. The fourth-order valence-corrected chi connectivity index (χ4v) is 2.60. The molecule has 2 rings (SSSR count). The Balaban J connectivity index is 2.13. The van der Waals surface area contributed by atoms with Gasteiger partial charge < -0.3 is 10.6 Å². The van der Waals surface area contributed by atoms with Crippen molar-refractivity contribution in [3.05, 3.63) is 33.8 Å². The van der Waals surface area contributed by atoms with Crippen LogP contribution >= 0.6 is 15.9 Å². The van der Waals surface area contributed by atoms with Gasteiger partial charge in [-0.05, 0) is 37.6 Å². The number of carbonyl (C=O) groups excluding carboxylic acids is 1. The molecular weight excluding hydrogens is 337 g/mol. The zero-order valence-electron chi connectivity index (χ0n) is 10.6. The molecule has 1 amide bonds. The molecule has 1 atom stereocenters. The van der Waals surface area contributed by atoms with E-state index < -0.39 is 17.6 Å². The van der Waals surface area contributed by atoms with Gasteiger partial charge in [0.05, 0.1) is 5.56 Å². The summed E-state index contributed by atoms with van der Waals surface area (Å²) in [5.41, 5.74) is -0.821. The summed E-state index contributed by atoms with van der Waals surface area (Å²) in [5.74, 6) is -0.475. The first-order valence-electron chi connectivity index (χ1n) is 6.26. The smallest absolute Gasteiger partial charge is 0.348 e. The zero-order valence-corrected chi connectivity index (χ0v) is 12.1. The second-order valence-corrected chi connectivity index (χ2v) is 5.56. The van der Waals surface area contributed by atoms with E-state index in [1.54, 1.807) is 0 Å². The van der Waals surface area contributed by atoms with Crippen LogP contribution in [0.4, 0.5) is 13.2 Å². The van der Waals surface area contributed by atoms with Gasteiger partial charge in [-0.25, -0.2) is 0 Å². The number of benzene rings is 1. The fourth-order valence-electron chi connectivity index (χ4n) is 2.13. The maximum atomic E-state index is 12.8. The van der Waals surface area contributed by atoms with Crippen LogP contribution in [0.2, 0.25) is 0 Å². The highest BCUT2D eigenvalue weighted by Crippen LogP contribution is 2.35. The fraction of sp³-hybridized carbons (Fsp3) is 0.462. The topological polar surface area (TPSA) is 41.1 Å². The highest BCUT2D eigenvalue weighted by atomic mass is 79.9. The number of hydrogen-bond acceptors (Lipinski definition) is 2. The standard InChI is InChI=1S/C13H14BrF3N2O/c14-11-4-3-8(6-10(11)13(15,16)17)12(20)19-9-2-1-5-18-7-9/h3-4,6,9,18H,1-2,5,7H2,(H,19,20)/t9-/m0/s1. The van der Waals surface area contributed by atoms with Crippen LogP contribution in [0.15, 0.2) is 22.7 Å². The van der Waals surface area contributed by atoms with Crippen molar-refractivity contribution < 1.29 is 18.0 Å². The summed E-state index contributed by atoms with van der Waals surface area (Å²) in [6.07, 6.45) is -2.71. The molecule has 0 saturated carbocycles. The summed E-state index contributed by atoms with van der Waals surface area (Å²) >= 11 is 2.85. The normalized spacial score (nSPS) is 19.7. The average molecular weight is 351 g/mol. The average Bonchev–Trinajstić information content (AvgIpc) is 2.39. The van der Waals surface area contributed by atoms with Crippen molar-refractivity contribution in [3.63, 3.8) is 0 Å². The van der Waals surface area contributed by atoms with Crippen LogP contribution in [0, 0.1) is 0 Å². The monoisotopic (exact) mass is 350 g/mol. The lowest BCUT2D eigenvalue weighted by atomic mass is 10.1. The molecule has 1 aromatic carbocycles. The molecule has 1 heterocycles. The number of nitrogens with one attached hydrogen (secondary N) is 2. The molecule has 0 unspecified atom stereocenters. The molecular formula is C13H14BrF3N2O. The van der Waals surface area contributed by atoms with Crippen molar-refractivity contribution in [2.24, 2.45) is 0 Å². The van der Waals surface area contributed by atoms with E-state index in [9.17, 15) is 18.0 Å². The lowest BCUT2D eigenvalue weighted by Crippen LogP contribution is -2.45. The molecule has 20 heavy (non-hydrogen) atoms. The molecule has 2 N–H and O–H groups in total. The van der Waals surface area contributed by atoms with Crippen LogP contribution < -0.4 is 10.6 Å². The maximum Gasteiger partial charge on any atom is 0.417 e. The van der Waals surface area contributed by atoms with Crippen LogP contribution in [0.1, 0.15) is 28.8 Å². The first-order valence-corrected chi connectivity index (χ1v) is 7.05. The van der Waals surface area contributed by atoms with Gasteiger partial charge in [-0.1, -0.05) is 15.9 Å². The summed E-state index contributed by atoms with van der Waals surface area (Å²) in [6.45, 7) is 1.55. The molecule has 1 aromatic rings. The molecule has 1 aliphatic heterocycles. The third-order valence-electron chi connectivity index (χ3n) is 3.17. The molecule has 7 heteroatoms. The molecule has 0 aromatic heterocycles. The SMILES string of the molecule is O=C(N[C@H]1CCCNC1)c1ccc(Br)c(C(F)(F)F)c1. The van der Waals surface area contributed by atoms with Crippen molar-refractivity contribution in [2.75, 3.05) is 13.1 Å². The number of carbonyl (C=O) groups is 1. The lowest BCUT2D eigenvalue weighted by Gasteiger charge is -2.24. The second-order valence-electron chi connectivity index (χ2n) is 4.71. The molecule has 110 valence electrons. The molecule has 1 fully saturated rings. The van der Waals surface area contributed by atoms with Gasteiger partial charge in [0.1, 0.15) is 0 Å². The minimum absolute atomic E-state index is 0.0195. The van der Waals surface area contributed by atoms with Crippen LogP contribution in [0.3, 0.4) is 0 Å². The maximum absolute atomic E-state index is 12.8. The molecule has 0 bridgehead atoms. The highest BCUT2D eigenvalue weighted by molar-refractivity contribution is 9.10. The van der Waals surface area contributed by atoms with Gasteiger partial charge in [0.15, 0.2) is 0 Å². The Bertz CT molecular complexity index is 499. The molecule has 0 radical (unpaired) electrons. The summed E-state index contributed by atoms with van der Waals surface area (Å²) in [7, 11) is 0. The van der Waals surface area contributed by atoms with Crippen molar-refractivity contribution in [1.29, 1.82) is 0 Å². The predicted molar refractivity (Wildman–Crippen MR) is 72.5 cm³/mol. The third-order valence-corrected chi connectivity index (χ3v) is 3.86. The van der Waals surface area contributed by atoms with Gasteiger partial charge in [0.2, 0.25) is 0 Å². The van der Waals surface area contributed by atoms with E-state index in [-0.39, 0.29) is 16.1 Å². The Hall–Kier alpha value is -1.08. The van der Waals surface area contributed by atoms with E-state index in [4.69, 9.17) is 0 Å². The van der Waals surface area contributed by atoms with Crippen molar-refractivity contribution in [2.45, 2.75) is 25.1 Å². The van der Waals surface area contributed by atoms with Crippen LogP contribution in [-0.2, 0) is 6.18 Å². The number of halogens is 4. The molecule has 0 aliphatic carbocycles. The van der Waals surface area contributed by atoms with Gasteiger partial charge in [-0.15, -0.1) is 0 Å². The second kappa shape index (κ2) is 6.13. The first kappa shape index (κ1) is 15.3. The van der Waals surface area contributed by atoms with E-state index >= 15 is 0 Å². The van der Waals surface area contributed by atoms with E-state index in [2.05, 4.69) is 26.6 Å². The molecule has 1 saturated heterocycles. The number of rotatable bonds is 2. The molecule has 0 spiro atoms. The van der Waals surface area contributed by atoms with E-state index in [1.165, 1.54) is 12.1 Å². The lowest BCUT2D eigenvalue weighted by molar-refractivity contribution is -0.138. The van der Waals surface area contributed by atoms with E-state index in [1.807, 2.05) is 0 Å². The minimum atomic E-state index is -4.48. The van der Waals surface area contributed by atoms with Crippen molar-refractivity contribution in [3.8, 4) is 0 Å². The van der Waals surface area contributed by atoms with E-state index in [0.29, 0.717) is 6.54 Å². The van der Waals surface area contributed by atoms with E-state index in [0.717, 1.165) is 25.5 Å². The Kier molecular flexibility index (Phi) is 4.70. The third kappa shape index (κ3) is 3.73. The highest BCUT2D eigenvalue weighted by Gasteiger charge is 2.33. The number of alkyl halides is 3. The Labute approximate surface area is 123 Å². The van der Waals surface area contributed by atoms with Gasteiger partial charge in [0.25, 0.3) is 5.91 Å². The zero-order chi connectivity index (χ0) is 14.8. The molecule has 3 nitrogen and oxygen atoms in total. The van der Waals surface area contributed by atoms with Gasteiger partial charge in [0, 0.05) is 22.6 Å². The number of hydrogen-bond donors (Lipinski definition) is 2. The van der Waals surface area contributed by atoms with Crippen LogP contribution in [-0.4, -0.2) is 25.0 Å². The summed E-state index contributed by atoms with van der Waals surface area (Å²) in [4.78, 5) is 12.0. The van der Waals surface area contributed by atoms with Crippen molar-refractivity contribution >= 4 is 21.8 Å². The molecule has 1 aliphatic rings. The van der Waals surface area contributed by atoms with Gasteiger partial charge in [-0.3, -0.25) is 4.79 Å².